The second kappa shape index (κ2) is 5.50. The van der Waals surface area contributed by atoms with Gasteiger partial charge in [-0.2, -0.15) is 0 Å². The van der Waals surface area contributed by atoms with E-state index in [0.717, 1.165) is 19.3 Å². The Morgan fingerprint density at radius 2 is 1.94 bits per heavy atom. The lowest BCUT2D eigenvalue weighted by atomic mass is 10.1. The first-order valence-corrected chi connectivity index (χ1v) is 7.99. The molecule has 3 atom stereocenters. The topological polar surface area (TPSA) is 46.2 Å². The summed E-state index contributed by atoms with van der Waals surface area (Å²) in [6.07, 6.45) is 2.60. The Labute approximate surface area is 99.9 Å². The molecular weight excluding hydrogens is 222 g/mol. The van der Waals surface area contributed by atoms with E-state index < -0.39 is 9.84 Å². The minimum absolute atomic E-state index is 0.122. The van der Waals surface area contributed by atoms with Crippen molar-refractivity contribution >= 4 is 9.84 Å². The number of hydrogen-bond donors (Lipinski definition) is 1. The summed E-state index contributed by atoms with van der Waals surface area (Å²) in [6.45, 7) is 6.21. The fourth-order valence-corrected chi connectivity index (χ4v) is 5.04. The zero-order valence-corrected chi connectivity index (χ0v) is 11.7. The summed E-state index contributed by atoms with van der Waals surface area (Å²) in [6, 6.07) is 0.374. The molecule has 0 aromatic heterocycles. The smallest absolute Gasteiger partial charge is 0.153 e. The maximum atomic E-state index is 12.2. The highest BCUT2D eigenvalue weighted by Gasteiger charge is 2.39. The summed E-state index contributed by atoms with van der Waals surface area (Å²) in [4.78, 5) is 0. The van der Waals surface area contributed by atoms with Crippen LogP contribution in [0.15, 0.2) is 0 Å². The van der Waals surface area contributed by atoms with Gasteiger partial charge in [-0.1, -0.05) is 20.8 Å². The van der Waals surface area contributed by atoms with Crippen LogP contribution in [0, 0.1) is 11.8 Å². The molecule has 0 aliphatic heterocycles. The van der Waals surface area contributed by atoms with E-state index in [0.29, 0.717) is 17.7 Å². The lowest BCUT2D eigenvalue weighted by molar-refractivity contribution is 0.452. The maximum absolute atomic E-state index is 12.2. The maximum Gasteiger partial charge on any atom is 0.153 e. The van der Waals surface area contributed by atoms with Crippen molar-refractivity contribution in [2.24, 2.45) is 11.8 Å². The number of nitrogens with one attached hydrogen (secondary N) is 1. The van der Waals surface area contributed by atoms with Gasteiger partial charge in [0.05, 0.1) is 11.0 Å². The predicted octanol–water partition coefficient (Wildman–Crippen LogP) is 1.83. The van der Waals surface area contributed by atoms with Gasteiger partial charge in [-0.05, 0) is 38.1 Å². The fourth-order valence-electron chi connectivity index (χ4n) is 2.59. The van der Waals surface area contributed by atoms with Crippen molar-refractivity contribution in [1.82, 2.24) is 5.32 Å². The molecule has 0 aromatic rings. The Kier molecular flexibility index (Phi) is 4.80. The van der Waals surface area contributed by atoms with Crippen molar-refractivity contribution in [3.05, 3.63) is 0 Å². The quantitative estimate of drug-likeness (QED) is 0.806. The standard InChI is InChI=1S/C12H25NO2S/c1-9(2)7-8-16(14,15)12-6-5-11(13-4)10(12)3/h9-13H,5-8H2,1-4H3. The van der Waals surface area contributed by atoms with E-state index in [9.17, 15) is 8.42 Å². The van der Waals surface area contributed by atoms with Crippen molar-refractivity contribution in [3.8, 4) is 0 Å². The van der Waals surface area contributed by atoms with E-state index in [4.69, 9.17) is 0 Å². The number of hydrogen-bond acceptors (Lipinski definition) is 3. The fraction of sp³-hybridized carbons (Fsp3) is 1.00. The van der Waals surface area contributed by atoms with Crippen molar-refractivity contribution in [3.63, 3.8) is 0 Å². The van der Waals surface area contributed by atoms with Crippen LogP contribution in [-0.4, -0.2) is 32.5 Å². The SMILES string of the molecule is CNC1CCC(S(=O)(=O)CCC(C)C)C1C. The van der Waals surface area contributed by atoms with E-state index in [1.54, 1.807) is 0 Å². The van der Waals surface area contributed by atoms with Crippen LogP contribution < -0.4 is 5.32 Å². The lowest BCUT2D eigenvalue weighted by Gasteiger charge is -2.20. The lowest BCUT2D eigenvalue weighted by Crippen LogP contribution is -2.35. The van der Waals surface area contributed by atoms with E-state index in [1.165, 1.54) is 0 Å². The van der Waals surface area contributed by atoms with Gasteiger partial charge in [-0.3, -0.25) is 0 Å². The van der Waals surface area contributed by atoms with E-state index in [-0.39, 0.29) is 11.2 Å². The molecule has 1 N–H and O–H groups in total. The Bertz CT molecular complexity index is 311. The average Bonchev–Trinajstić information content (AvgIpc) is 2.57. The second-order valence-electron chi connectivity index (χ2n) is 5.42. The molecule has 1 aliphatic rings. The second-order valence-corrected chi connectivity index (χ2v) is 7.76. The molecule has 0 saturated heterocycles. The zero-order chi connectivity index (χ0) is 12.3. The van der Waals surface area contributed by atoms with Gasteiger partial charge in [0, 0.05) is 6.04 Å². The third-order valence-corrected chi connectivity index (χ3v) is 6.19. The highest BCUT2D eigenvalue weighted by molar-refractivity contribution is 7.92. The van der Waals surface area contributed by atoms with Gasteiger partial charge in [-0.25, -0.2) is 8.42 Å². The molecule has 1 rings (SSSR count). The molecule has 1 saturated carbocycles. The first-order valence-electron chi connectivity index (χ1n) is 6.27. The first-order chi connectivity index (χ1) is 7.38. The summed E-state index contributed by atoms with van der Waals surface area (Å²) in [7, 11) is -0.966. The summed E-state index contributed by atoms with van der Waals surface area (Å²) < 4.78 is 24.4. The molecule has 1 fully saturated rings. The Hall–Kier alpha value is -0.0900. The van der Waals surface area contributed by atoms with Crippen molar-refractivity contribution in [2.75, 3.05) is 12.8 Å². The molecule has 16 heavy (non-hydrogen) atoms. The third kappa shape index (κ3) is 3.20. The molecule has 0 amide bonds. The summed E-state index contributed by atoms with van der Waals surface area (Å²) in [5.74, 6) is 1.07. The van der Waals surface area contributed by atoms with Gasteiger partial charge in [0.15, 0.2) is 9.84 Å². The van der Waals surface area contributed by atoms with Crippen molar-refractivity contribution in [2.45, 2.75) is 51.3 Å². The molecule has 96 valence electrons. The van der Waals surface area contributed by atoms with Crippen molar-refractivity contribution < 1.29 is 8.42 Å². The molecule has 0 spiro atoms. The molecule has 0 bridgehead atoms. The highest BCUT2D eigenvalue weighted by atomic mass is 32.2. The van der Waals surface area contributed by atoms with Crippen LogP contribution >= 0.6 is 0 Å². The first kappa shape index (κ1) is 14.0. The summed E-state index contributed by atoms with van der Waals surface area (Å²) >= 11 is 0. The van der Waals surface area contributed by atoms with Crippen LogP contribution in [0.3, 0.4) is 0 Å². The van der Waals surface area contributed by atoms with Crippen LogP contribution in [0.1, 0.15) is 40.0 Å². The molecule has 3 unspecified atom stereocenters. The Morgan fingerprint density at radius 1 is 1.31 bits per heavy atom. The van der Waals surface area contributed by atoms with Gasteiger partial charge in [0.2, 0.25) is 0 Å². The molecule has 0 radical (unpaired) electrons. The minimum atomic E-state index is -2.89. The summed E-state index contributed by atoms with van der Waals surface area (Å²) in [5.41, 5.74) is 0. The highest BCUT2D eigenvalue weighted by Crippen LogP contribution is 2.32. The zero-order valence-electron chi connectivity index (χ0n) is 10.9. The van der Waals surface area contributed by atoms with Crippen LogP contribution in [0.5, 0.6) is 0 Å². The molecule has 0 aromatic carbocycles. The summed E-state index contributed by atoms with van der Waals surface area (Å²) in [5, 5.41) is 3.09. The van der Waals surface area contributed by atoms with Gasteiger partial charge in [0.1, 0.15) is 0 Å². The number of sulfone groups is 1. The number of rotatable bonds is 5. The van der Waals surface area contributed by atoms with Crippen LogP contribution in [-0.2, 0) is 9.84 Å². The third-order valence-electron chi connectivity index (χ3n) is 3.80. The van der Waals surface area contributed by atoms with Gasteiger partial charge in [0.25, 0.3) is 0 Å². The predicted molar refractivity (Wildman–Crippen MR) is 68.3 cm³/mol. The molecular formula is C12H25NO2S. The largest absolute Gasteiger partial charge is 0.317 e. The normalized spacial score (nSPS) is 31.2. The van der Waals surface area contributed by atoms with Crippen LogP contribution in [0.4, 0.5) is 0 Å². The van der Waals surface area contributed by atoms with E-state index in [2.05, 4.69) is 26.1 Å². The van der Waals surface area contributed by atoms with Crippen LogP contribution in [0.2, 0.25) is 0 Å². The average molecular weight is 247 g/mol. The van der Waals surface area contributed by atoms with Gasteiger partial charge >= 0.3 is 0 Å². The molecule has 4 heteroatoms. The van der Waals surface area contributed by atoms with Gasteiger partial charge in [-0.15, -0.1) is 0 Å². The van der Waals surface area contributed by atoms with Gasteiger partial charge < -0.3 is 5.32 Å². The van der Waals surface area contributed by atoms with Crippen LogP contribution in [0.25, 0.3) is 0 Å². The Balaban J connectivity index is 2.63. The molecule has 0 heterocycles. The Morgan fingerprint density at radius 3 is 2.38 bits per heavy atom. The minimum Gasteiger partial charge on any atom is -0.317 e. The molecule has 3 nitrogen and oxygen atoms in total. The monoisotopic (exact) mass is 247 g/mol. The molecule has 1 aliphatic carbocycles. The van der Waals surface area contributed by atoms with E-state index in [1.807, 2.05) is 7.05 Å². The van der Waals surface area contributed by atoms with E-state index >= 15 is 0 Å². The van der Waals surface area contributed by atoms with Crippen molar-refractivity contribution in [1.29, 1.82) is 0 Å².